The van der Waals surface area contributed by atoms with E-state index >= 15 is 0 Å². The summed E-state index contributed by atoms with van der Waals surface area (Å²) < 4.78 is 33.6. The van der Waals surface area contributed by atoms with Gasteiger partial charge in [0.25, 0.3) is 10.1 Å². The molecule has 0 radical (unpaired) electrons. The average molecular weight is 424 g/mol. The minimum Gasteiger partial charge on any atom is -0.464 e. The van der Waals surface area contributed by atoms with Crippen molar-refractivity contribution in [3.63, 3.8) is 0 Å². The van der Waals surface area contributed by atoms with Crippen LogP contribution in [0.3, 0.4) is 0 Å². The lowest BCUT2D eigenvalue weighted by Gasteiger charge is -2.10. The van der Waals surface area contributed by atoms with Crippen LogP contribution < -0.4 is 0 Å². The lowest BCUT2D eigenvalue weighted by molar-refractivity contribution is 0.0594. The number of imidazole rings is 1. The highest BCUT2D eigenvalue weighted by Gasteiger charge is 2.15. The van der Waals surface area contributed by atoms with Crippen molar-refractivity contribution in [2.75, 3.05) is 13.4 Å². The zero-order valence-corrected chi connectivity index (χ0v) is 17.0. The van der Waals surface area contributed by atoms with Gasteiger partial charge in [0.05, 0.1) is 26.5 Å². The quantitative estimate of drug-likeness (QED) is 0.443. The Balaban J connectivity index is 1.91. The maximum absolute atomic E-state index is 11.8. The van der Waals surface area contributed by atoms with Crippen molar-refractivity contribution >= 4 is 38.9 Å². The second-order valence-electron chi connectivity index (χ2n) is 6.17. The number of aromatic nitrogens is 3. The third-order valence-corrected chi connectivity index (χ3v) is 4.96. The van der Waals surface area contributed by atoms with Crippen LogP contribution in [0.4, 0.5) is 0 Å². The Bertz CT molecular complexity index is 1160. The van der Waals surface area contributed by atoms with E-state index in [1.807, 2.05) is 11.5 Å². The highest BCUT2D eigenvalue weighted by atomic mass is 35.5. The van der Waals surface area contributed by atoms with Gasteiger partial charge in [0, 0.05) is 5.02 Å². The molecule has 0 saturated heterocycles. The lowest BCUT2D eigenvalue weighted by atomic mass is 10.1. The van der Waals surface area contributed by atoms with E-state index < -0.39 is 16.1 Å². The maximum Gasteiger partial charge on any atom is 0.356 e. The Hall–Kier alpha value is -2.49. The summed E-state index contributed by atoms with van der Waals surface area (Å²) in [6.07, 6.45) is 0.992. The molecule has 3 rings (SSSR count). The lowest BCUT2D eigenvalue weighted by Crippen LogP contribution is -2.08. The van der Waals surface area contributed by atoms with E-state index in [2.05, 4.69) is 9.97 Å². The Morgan fingerprint density at radius 2 is 1.96 bits per heavy atom. The number of halogens is 1. The zero-order chi connectivity index (χ0) is 20.5. The molecule has 0 spiro atoms. The van der Waals surface area contributed by atoms with E-state index in [4.69, 9.17) is 20.5 Å². The molecule has 0 aliphatic heterocycles. The van der Waals surface area contributed by atoms with Crippen molar-refractivity contribution in [2.45, 2.75) is 20.1 Å². The summed E-state index contributed by atoms with van der Waals surface area (Å²) in [5, 5.41) is 0.458. The predicted octanol–water partition coefficient (Wildman–Crippen LogP) is 2.70. The predicted molar refractivity (Wildman–Crippen MR) is 104 cm³/mol. The molecule has 0 aliphatic rings. The van der Waals surface area contributed by atoms with Crippen molar-refractivity contribution in [3.05, 3.63) is 58.0 Å². The monoisotopic (exact) mass is 423 g/mol. The fraction of sp³-hybridized carbons (Fsp3) is 0.278. The van der Waals surface area contributed by atoms with E-state index in [-0.39, 0.29) is 12.3 Å². The van der Waals surface area contributed by atoms with Gasteiger partial charge in [-0.05, 0) is 36.2 Å². The van der Waals surface area contributed by atoms with Crippen molar-refractivity contribution < 1.29 is 22.1 Å². The Labute approximate surface area is 167 Å². The van der Waals surface area contributed by atoms with E-state index in [0.717, 1.165) is 11.8 Å². The second kappa shape index (κ2) is 7.86. The van der Waals surface area contributed by atoms with Crippen molar-refractivity contribution in [2.24, 2.45) is 0 Å². The topological polar surface area (TPSA) is 100 Å². The summed E-state index contributed by atoms with van der Waals surface area (Å²) in [6.45, 7) is 2.13. The summed E-state index contributed by atoms with van der Waals surface area (Å²) in [6, 6.07) is 8.47. The third-order valence-electron chi connectivity index (χ3n) is 4.06. The van der Waals surface area contributed by atoms with Crippen molar-refractivity contribution in [3.8, 4) is 0 Å². The Morgan fingerprint density at radius 3 is 2.61 bits per heavy atom. The van der Waals surface area contributed by atoms with Crippen LogP contribution in [-0.2, 0) is 32.2 Å². The number of benzene rings is 1. The van der Waals surface area contributed by atoms with Gasteiger partial charge in [0.15, 0.2) is 11.3 Å². The number of esters is 1. The van der Waals surface area contributed by atoms with Crippen molar-refractivity contribution in [1.29, 1.82) is 0 Å². The van der Waals surface area contributed by atoms with E-state index in [1.165, 1.54) is 7.11 Å². The molecule has 1 aromatic carbocycles. The first-order valence-corrected chi connectivity index (χ1v) is 10.4. The van der Waals surface area contributed by atoms with Gasteiger partial charge in [-0.1, -0.05) is 23.7 Å². The van der Waals surface area contributed by atoms with Crippen LogP contribution in [0.15, 0.2) is 30.3 Å². The number of carbonyl (C=O) groups excluding carboxylic acids is 1. The fourth-order valence-corrected chi connectivity index (χ4v) is 3.29. The van der Waals surface area contributed by atoms with E-state index in [9.17, 15) is 13.2 Å². The minimum absolute atomic E-state index is 0.0874. The number of hydrogen-bond acceptors (Lipinski definition) is 7. The van der Waals surface area contributed by atoms with Gasteiger partial charge >= 0.3 is 5.97 Å². The van der Waals surface area contributed by atoms with Crippen LogP contribution in [0, 0.1) is 6.92 Å². The summed E-state index contributed by atoms with van der Waals surface area (Å²) >= 11 is 6.37. The molecule has 0 bridgehead atoms. The van der Waals surface area contributed by atoms with E-state index in [1.54, 1.807) is 30.3 Å². The summed E-state index contributed by atoms with van der Waals surface area (Å²) in [4.78, 5) is 20.6. The Morgan fingerprint density at radius 1 is 1.21 bits per heavy atom. The molecule has 0 aliphatic carbocycles. The molecule has 0 unspecified atom stereocenters. The van der Waals surface area contributed by atoms with Gasteiger partial charge in [-0.25, -0.2) is 14.8 Å². The molecule has 0 fully saturated rings. The van der Waals surface area contributed by atoms with Crippen LogP contribution in [0.2, 0.25) is 5.02 Å². The van der Waals surface area contributed by atoms with Gasteiger partial charge in [0.1, 0.15) is 11.3 Å². The first kappa shape index (κ1) is 20.2. The largest absolute Gasteiger partial charge is 0.464 e. The molecule has 0 N–H and O–H groups in total. The fourth-order valence-electron chi connectivity index (χ4n) is 2.68. The third kappa shape index (κ3) is 4.49. The highest BCUT2D eigenvalue weighted by molar-refractivity contribution is 7.85. The smallest absolute Gasteiger partial charge is 0.356 e. The second-order valence-corrected chi connectivity index (χ2v) is 8.22. The number of nitrogens with zero attached hydrogens (tertiary/aromatic N) is 3. The maximum atomic E-state index is 11.8. The number of carbonyl (C=O) groups is 1. The van der Waals surface area contributed by atoms with Crippen LogP contribution in [0.5, 0.6) is 0 Å². The molecule has 28 heavy (non-hydrogen) atoms. The first-order valence-electron chi connectivity index (χ1n) is 8.22. The normalized spacial score (nSPS) is 11.7. The molecule has 3 aromatic rings. The van der Waals surface area contributed by atoms with Crippen LogP contribution in [0.1, 0.15) is 27.4 Å². The van der Waals surface area contributed by atoms with Crippen LogP contribution in [-0.4, -0.2) is 42.3 Å². The number of aryl methyl sites for hydroxylation is 1. The van der Waals surface area contributed by atoms with Crippen LogP contribution >= 0.6 is 11.6 Å². The molecule has 2 aromatic heterocycles. The summed E-state index contributed by atoms with van der Waals surface area (Å²) in [5.74, 6) is 0.186. The summed E-state index contributed by atoms with van der Waals surface area (Å²) in [5.41, 5.74) is 2.81. The molecular weight excluding hydrogens is 406 g/mol. The minimum atomic E-state index is -3.53. The van der Waals surface area contributed by atoms with Gasteiger partial charge in [-0.15, -0.1) is 0 Å². The SMILES string of the molecule is COC(=O)c1ccc2nc(C)n(Cc3ccc(COS(C)(=O)=O)cc3Cl)c2n1. The number of ether oxygens (including phenoxy) is 1. The van der Waals surface area contributed by atoms with Gasteiger partial charge in [-0.2, -0.15) is 8.42 Å². The molecule has 10 heteroatoms. The summed E-state index contributed by atoms with van der Waals surface area (Å²) in [7, 11) is -2.23. The Kier molecular flexibility index (Phi) is 5.69. The molecule has 2 heterocycles. The number of hydrogen-bond donors (Lipinski definition) is 0. The number of pyridine rings is 1. The zero-order valence-electron chi connectivity index (χ0n) is 15.5. The first-order chi connectivity index (χ1) is 13.2. The highest BCUT2D eigenvalue weighted by Crippen LogP contribution is 2.23. The van der Waals surface area contributed by atoms with Gasteiger partial charge < -0.3 is 9.30 Å². The number of methoxy groups -OCH3 is 1. The molecular formula is C18H18ClN3O5S. The number of fused-ring (bicyclic) bond motifs is 1. The molecule has 0 atom stereocenters. The standard InChI is InChI=1S/C18H18ClN3O5S/c1-11-20-15-6-7-16(18(23)26-2)21-17(15)22(11)9-13-5-4-12(8-14(13)19)10-27-28(3,24)25/h4-8H,9-10H2,1-3H3. The van der Waals surface area contributed by atoms with Crippen molar-refractivity contribution in [1.82, 2.24) is 14.5 Å². The average Bonchev–Trinajstić information content (AvgIpc) is 2.95. The molecule has 8 nitrogen and oxygen atoms in total. The molecule has 148 valence electrons. The van der Waals surface area contributed by atoms with Gasteiger partial charge in [-0.3, -0.25) is 4.18 Å². The van der Waals surface area contributed by atoms with Gasteiger partial charge in [0.2, 0.25) is 0 Å². The van der Waals surface area contributed by atoms with E-state index in [0.29, 0.717) is 34.1 Å². The molecule has 0 amide bonds. The van der Waals surface area contributed by atoms with Crippen LogP contribution in [0.25, 0.3) is 11.2 Å². The number of rotatable bonds is 6. The molecule has 0 saturated carbocycles.